The molecule has 2 rings (SSSR count). The summed E-state index contributed by atoms with van der Waals surface area (Å²) in [7, 11) is -4.32. The van der Waals surface area contributed by atoms with Crippen molar-refractivity contribution >= 4 is 33.3 Å². The van der Waals surface area contributed by atoms with E-state index in [1.807, 2.05) is 0 Å². The Morgan fingerprint density at radius 1 is 1.15 bits per heavy atom. The van der Waals surface area contributed by atoms with Crippen LogP contribution in [0.15, 0.2) is 53.4 Å². The Kier molecular flexibility index (Phi) is 6.30. The lowest BCUT2D eigenvalue weighted by Crippen LogP contribution is -2.33. The fourth-order valence-corrected chi connectivity index (χ4v) is 4.06. The summed E-state index contributed by atoms with van der Waals surface area (Å²) in [4.78, 5) is 20.8. The number of hydrogen-bond donors (Lipinski definition) is 1. The lowest BCUT2D eigenvalue weighted by atomic mass is 10.2. The summed E-state index contributed by atoms with van der Waals surface area (Å²) in [6, 6.07) is 11.4. The van der Waals surface area contributed by atoms with Crippen LogP contribution in [-0.2, 0) is 21.4 Å². The van der Waals surface area contributed by atoms with Gasteiger partial charge in [-0.1, -0.05) is 41.9 Å². The van der Waals surface area contributed by atoms with Gasteiger partial charge in [0, 0.05) is 24.2 Å². The third-order valence-electron chi connectivity index (χ3n) is 3.56. The Hall–Kier alpha value is -2.49. The van der Waals surface area contributed by atoms with Gasteiger partial charge < -0.3 is 5.11 Å². The van der Waals surface area contributed by atoms with E-state index < -0.39 is 37.9 Å². The quantitative estimate of drug-likeness (QED) is 0.539. The van der Waals surface area contributed by atoms with Crippen LogP contribution in [0.3, 0.4) is 0 Å². The summed E-state index contributed by atoms with van der Waals surface area (Å²) >= 11 is 6.06. The van der Waals surface area contributed by atoms with Gasteiger partial charge in [-0.05, 0) is 17.7 Å². The molecule has 0 radical (unpaired) electrons. The van der Waals surface area contributed by atoms with Gasteiger partial charge in [0.25, 0.3) is 5.69 Å². The number of halogens is 1. The number of carbonyl (C=O) groups is 1. The standard InChI is InChI=1S/C16H15ClN2O6S/c17-13-6-2-1-5-12(13)11-18(10-9-16(20)21)26(24,25)15-8-4-3-7-14(15)19(22)23/h1-8H,9-11H2,(H,20,21). The van der Waals surface area contributed by atoms with Crippen molar-refractivity contribution in [3.8, 4) is 0 Å². The number of benzene rings is 2. The average Bonchev–Trinajstić information content (AvgIpc) is 2.59. The number of carboxylic acids is 1. The van der Waals surface area contributed by atoms with Gasteiger partial charge in [0.05, 0.1) is 11.3 Å². The largest absolute Gasteiger partial charge is 0.481 e. The van der Waals surface area contributed by atoms with E-state index in [0.717, 1.165) is 16.4 Å². The van der Waals surface area contributed by atoms with Crippen LogP contribution in [0.25, 0.3) is 0 Å². The van der Waals surface area contributed by atoms with Gasteiger partial charge >= 0.3 is 5.97 Å². The van der Waals surface area contributed by atoms with Crippen LogP contribution >= 0.6 is 11.6 Å². The zero-order valence-electron chi connectivity index (χ0n) is 13.4. The molecule has 0 saturated carbocycles. The van der Waals surface area contributed by atoms with Gasteiger partial charge in [0.1, 0.15) is 0 Å². The van der Waals surface area contributed by atoms with Crippen LogP contribution in [0.2, 0.25) is 5.02 Å². The van der Waals surface area contributed by atoms with Gasteiger partial charge in [-0.3, -0.25) is 14.9 Å². The first-order chi connectivity index (χ1) is 12.2. The Balaban J connectivity index is 2.48. The second-order valence-electron chi connectivity index (χ2n) is 5.30. The van der Waals surface area contributed by atoms with E-state index in [0.29, 0.717) is 10.6 Å². The molecule has 2 aromatic carbocycles. The van der Waals surface area contributed by atoms with Crippen molar-refractivity contribution in [3.63, 3.8) is 0 Å². The molecule has 0 unspecified atom stereocenters. The summed E-state index contributed by atoms with van der Waals surface area (Å²) in [5.74, 6) is -1.19. The molecule has 8 nitrogen and oxygen atoms in total. The molecule has 0 aliphatic rings. The minimum Gasteiger partial charge on any atom is -0.481 e. The molecule has 1 N–H and O–H groups in total. The lowest BCUT2D eigenvalue weighted by molar-refractivity contribution is -0.387. The van der Waals surface area contributed by atoms with Crippen LogP contribution in [0.5, 0.6) is 0 Å². The number of sulfonamides is 1. The first-order valence-corrected chi connectivity index (χ1v) is 9.24. The molecule has 2 aromatic rings. The van der Waals surface area contributed by atoms with Crippen molar-refractivity contribution in [3.05, 3.63) is 69.2 Å². The number of para-hydroxylation sites is 1. The molecule has 0 heterocycles. The van der Waals surface area contributed by atoms with E-state index in [4.69, 9.17) is 16.7 Å². The van der Waals surface area contributed by atoms with E-state index in [1.165, 1.54) is 12.1 Å². The molecule has 26 heavy (non-hydrogen) atoms. The minimum atomic E-state index is -4.32. The molecule has 0 aromatic heterocycles. The number of nitro benzene ring substituents is 1. The smallest absolute Gasteiger partial charge is 0.304 e. The summed E-state index contributed by atoms with van der Waals surface area (Å²) < 4.78 is 26.8. The summed E-state index contributed by atoms with van der Waals surface area (Å²) in [5, 5.41) is 20.4. The van der Waals surface area contributed by atoms with Crippen LogP contribution in [-0.4, -0.2) is 35.3 Å². The molecule has 138 valence electrons. The zero-order chi connectivity index (χ0) is 19.3. The number of nitro groups is 1. The topological polar surface area (TPSA) is 118 Å². The molecule has 0 fully saturated rings. The maximum absolute atomic E-state index is 13.0. The predicted octanol–water partition coefficient (Wildman–Crippen LogP) is 2.91. The second-order valence-corrected chi connectivity index (χ2v) is 7.61. The predicted molar refractivity (Wildman–Crippen MR) is 94.4 cm³/mol. The van der Waals surface area contributed by atoms with Gasteiger partial charge in [0.15, 0.2) is 4.90 Å². The Labute approximate surface area is 154 Å². The first-order valence-electron chi connectivity index (χ1n) is 7.42. The Morgan fingerprint density at radius 3 is 2.38 bits per heavy atom. The van der Waals surface area contributed by atoms with Crippen LogP contribution in [0, 0.1) is 10.1 Å². The number of rotatable bonds is 8. The fourth-order valence-electron chi connectivity index (χ4n) is 2.29. The summed E-state index contributed by atoms with van der Waals surface area (Å²) in [6.45, 7) is -0.559. The number of aliphatic carboxylic acids is 1. The Morgan fingerprint density at radius 2 is 1.77 bits per heavy atom. The highest BCUT2D eigenvalue weighted by Gasteiger charge is 2.32. The van der Waals surface area contributed by atoms with Crippen LogP contribution in [0.4, 0.5) is 5.69 Å². The Bertz CT molecular complexity index is 932. The second kappa shape index (κ2) is 8.26. The molecule has 0 aliphatic carbocycles. The lowest BCUT2D eigenvalue weighted by Gasteiger charge is -2.22. The molecule has 0 bridgehead atoms. The molecule has 0 atom stereocenters. The number of carboxylic acid groups (broad SMARTS) is 1. The molecule has 0 aliphatic heterocycles. The molecular weight excluding hydrogens is 384 g/mol. The molecular formula is C16H15ClN2O6S. The number of hydrogen-bond acceptors (Lipinski definition) is 5. The van der Waals surface area contributed by atoms with Crippen LogP contribution in [0.1, 0.15) is 12.0 Å². The zero-order valence-corrected chi connectivity index (χ0v) is 15.0. The van der Waals surface area contributed by atoms with E-state index in [-0.39, 0.29) is 13.1 Å². The van der Waals surface area contributed by atoms with Gasteiger partial charge in [-0.15, -0.1) is 0 Å². The number of nitrogens with zero attached hydrogens (tertiary/aromatic N) is 2. The SMILES string of the molecule is O=C(O)CCN(Cc1ccccc1Cl)S(=O)(=O)c1ccccc1[N+](=O)[O-]. The summed E-state index contributed by atoms with van der Waals surface area (Å²) in [5.41, 5.74) is -0.117. The van der Waals surface area contributed by atoms with Gasteiger partial charge in [-0.25, -0.2) is 8.42 Å². The van der Waals surface area contributed by atoms with E-state index in [1.54, 1.807) is 24.3 Å². The first kappa shape index (κ1) is 19.8. The third kappa shape index (κ3) is 4.57. The van der Waals surface area contributed by atoms with Gasteiger partial charge in [0.2, 0.25) is 10.0 Å². The van der Waals surface area contributed by atoms with Crippen molar-refractivity contribution in [1.82, 2.24) is 4.31 Å². The van der Waals surface area contributed by atoms with Crippen molar-refractivity contribution in [2.45, 2.75) is 17.9 Å². The van der Waals surface area contributed by atoms with E-state index >= 15 is 0 Å². The molecule has 0 amide bonds. The van der Waals surface area contributed by atoms with Crippen molar-refractivity contribution in [2.75, 3.05) is 6.54 Å². The van der Waals surface area contributed by atoms with Crippen LogP contribution < -0.4 is 0 Å². The maximum atomic E-state index is 13.0. The van der Waals surface area contributed by atoms with Crippen molar-refractivity contribution in [1.29, 1.82) is 0 Å². The van der Waals surface area contributed by atoms with Gasteiger partial charge in [-0.2, -0.15) is 4.31 Å². The van der Waals surface area contributed by atoms with E-state index in [9.17, 15) is 23.3 Å². The molecule has 0 saturated heterocycles. The normalized spacial score (nSPS) is 11.5. The fraction of sp³-hybridized carbons (Fsp3) is 0.188. The third-order valence-corrected chi connectivity index (χ3v) is 5.82. The molecule has 10 heteroatoms. The maximum Gasteiger partial charge on any atom is 0.304 e. The highest BCUT2D eigenvalue weighted by atomic mass is 35.5. The summed E-state index contributed by atoms with van der Waals surface area (Å²) in [6.07, 6.45) is -0.454. The highest BCUT2D eigenvalue weighted by Crippen LogP contribution is 2.28. The highest BCUT2D eigenvalue weighted by molar-refractivity contribution is 7.89. The minimum absolute atomic E-state index is 0.207. The van der Waals surface area contributed by atoms with E-state index in [2.05, 4.69) is 0 Å². The van der Waals surface area contributed by atoms with Crippen molar-refractivity contribution in [2.24, 2.45) is 0 Å². The van der Waals surface area contributed by atoms with Crippen molar-refractivity contribution < 1.29 is 23.2 Å². The monoisotopic (exact) mass is 398 g/mol. The molecule has 0 spiro atoms. The average molecular weight is 399 g/mol.